The third-order valence-electron chi connectivity index (χ3n) is 1.51. The summed E-state index contributed by atoms with van der Waals surface area (Å²) in [6.45, 7) is 0. The summed E-state index contributed by atoms with van der Waals surface area (Å²) in [5, 5.41) is 0. The molecule has 0 amide bonds. The molecule has 0 bridgehead atoms. The van der Waals surface area contributed by atoms with Crippen molar-refractivity contribution in [3.05, 3.63) is 34.1 Å². The molecule has 0 N–H and O–H groups in total. The number of benzene rings is 1. The molecule has 0 radical (unpaired) electrons. The summed E-state index contributed by atoms with van der Waals surface area (Å²) in [6, 6.07) is 4.09. The van der Waals surface area contributed by atoms with Gasteiger partial charge in [-0.1, -0.05) is 0 Å². The molecule has 0 aliphatic heterocycles. The van der Waals surface area contributed by atoms with Crippen LogP contribution in [0.3, 0.4) is 0 Å². The van der Waals surface area contributed by atoms with Crippen LogP contribution in [0.2, 0.25) is 0 Å². The van der Waals surface area contributed by atoms with Gasteiger partial charge in [-0.05, 0) is 40.4 Å². The molecule has 0 fully saturated rings. The highest BCUT2D eigenvalue weighted by molar-refractivity contribution is 9.10. The van der Waals surface area contributed by atoms with Crippen molar-refractivity contribution >= 4 is 33.5 Å². The molecule has 70 valence electrons. The molecular formula is C9H8BrFOS. The molecule has 4 heteroatoms. The van der Waals surface area contributed by atoms with Crippen molar-refractivity contribution in [3.63, 3.8) is 0 Å². The number of Topliss-reactive ketones (excluding diaryl/α,β-unsaturated/α-hetero) is 1. The van der Waals surface area contributed by atoms with Gasteiger partial charge in [0, 0.05) is 10.0 Å². The summed E-state index contributed by atoms with van der Waals surface area (Å²) in [4.78, 5) is 11.4. The largest absolute Gasteiger partial charge is 0.293 e. The van der Waals surface area contributed by atoms with Crippen LogP contribution >= 0.6 is 27.7 Å². The minimum Gasteiger partial charge on any atom is -0.293 e. The number of ketones is 1. The van der Waals surface area contributed by atoms with Crippen LogP contribution in [-0.4, -0.2) is 17.8 Å². The second kappa shape index (κ2) is 4.77. The summed E-state index contributed by atoms with van der Waals surface area (Å²) in [7, 11) is 0. The minimum atomic E-state index is -0.340. The van der Waals surface area contributed by atoms with E-state index in [1.165, 1.54) is 30.0 Å². The number of hydrogen-bond donors (Lipinski definition) is 0. The standard InChI is InChI=1S/C9H8BrFOS/c1-13-5-9(12)7-3-2-6(11)4-8(7)10/h2-4H,5H2,1H3. The van der Waals surface area contributed by atoms with Crippen molar-refractivity contribution in [3.8, 4) is 0 Å². The third kappa shape index (κ3) is 2.81. The van der Waals surface area contributed by atoms with Crippen molar-refractivity contribution in [2.45, 2.75) is 0 Å². The van der Waals surface area contributed by atoms with E-state index in [4.69, 9.17) is 0 Å². The first-order valence-electron chi connectivity index (χ1n) is 3.62. The van der Waals surface area contributed by atoms with E-state index in [1.807, 2.05) is 6.26 Å². The fourth-order valence-electron chi connectivity index (χ4n) is 0.924. The van der Waals surface area contributed by atoms with Crippen LogP contribution in [0.25, 0.3) is 0 Å². The Kier molecular flexibility index (Phi) is 3.93. The number of carbonyl (C=O) groups is 1. The van der Waals surface area contributed by atoms with Gasteiger partial charge in [-0.25, -0.2) is 4.39 Å². The maximum Gasteiger partial charge on any atom is 0.173 e. The van der Waals surface area contributed by atoms with E-state index in [0.717, 1.165) is 0 Å². The Hall–Kier alpha value is -0.350. The molecule has 0 saturated carbocycles. The van der Waals surface area contributed by atoms with Crippen molar-refractivity contribution in [1.29, 1.82) is 0 Å². The van der Waals surface area contributed by atoms with Crippen LogP contribution in [0.4, 0.5) is 4.39 Å². The summed E-state index contributed by atoms with van der Waals surface area (Å²) < 4.78 is 13.2. The number of hydrogen-bond acceptors (Lipinski definition) is 2. The lowest BCUT2D eigenvalue weighted by atomic mass is 10.1. The molecule has 0 heterocycles. The quantitative estimate of drug-likeness (QED) is 0.779. The predicted molar refractivity (Wildman–Crippen MR) is 56.8 cm³/mol. The van der Waals surface area contributed by atoms with Gasteiger partial charge in [0.1, 0.15) is 5.82 Å². The second-order valence-electron chi connectivity index (χ2n) is 2.48. The van der Waals surface area contributed by atoms with Crippen LogP contribution in [0, 0.1) is 5.82 Å². The smallest absolute Gasteiger partial charge is 0.173 e. The van der Waals surface area contributed by atoms with Gasteiger partial charge in [0.2, 0.25) is 0 Å². The molecule has 1 nitrogen and oxygen atoms in total. The topological polar surface area (TPSA) is 17.1 Å². The molecular weight excluding hydrogens is 255 g/mol. The zero-order valence-electron chi connectivity index (χ0n) is 7.01. The zero-order chi connectivity index (χ0) is 9.84. The average molecular weight is 263 g/mol. The maximum atomic E-state index is 12.7. The highest BCUT2D eigenvalue weighted by Crippen LogP contribution is 2.19. The zero-order valence-corrected chi connectivity index (χ0v) is 9.41. The molecule has 13 heavy (non-hydrogen) atoms. The van der Waals surface area contributed by atoms with E-state index in [1.54, 1.807) is 0 Å². The number of rotatable bonds is 3. The van der Waals surface area contributed by atoms with Gasteiger partial charge in [0.05, 0.1) is 5.75 Å². The molecule has 1 rings (SSSR count). The first-order valence-corrected chi connectivity index (χ1v) is 5.81. The molecule has 0 unspecified atom stereocenters. The van der Waals surface area contributed by atoms with Crippen molar-refractivity contribution in [2.24, 2.45) is 0 Å². The number of halogens is 2. The Balaban J connectivity index is 2.95. The number of carbonyl (C=O) groups excluding carboxylic acids is 1. The molecule has 0 atom stereocenters. The fourth-order valence-corrected chi connectivity index (χ4v) is 1.91. The summed E-state index contributed by atoms with van der Waals surface area (Å²) >= 11 is 4.60. The average Bonchev–Trinajstić information content (AvgIpc) is 2.04. The molecule has 1 aromatic rings. The summed E-state index contributed by atoms with van der Waals surface area (Å²) in [5.74, 6) is 0.0940. The van der Waals surface area contributed by atoms with Gasteiger partial charge in [-0.2, -0.15) is 11.8 Å². The molecule has 0 aromatic heterocycles. The van der Waals surface area contributed by atoms with Crippen LogP contribution in [0.5, 0.6) is 0 Å². The van der Waals surface area contributed by atoms with Gasteiger partial charge in [-0.3, -0.25) is 4.79 Å². The lowest BCUT2D eigenvalue weighted by Crippen LogP contribution is -2.03. The van der Waals surface area contributed by atoms with Gasteiger partial charge < -0.3 is 0 Å². The Morgan fingerprint density at radius 3 is 2.85 bits per heavy atom. The summed E-state index contributed by atoms with van der Waals surface area (Å²) in [6.07, 6.45) is 1.86. The van der Waals surface area contributed by atoms with E-state index < -0.39 is 0 Å². The highest BCUT2D eigenvalue weighted by atomic mass is 79.9. The molecule has 0 spiro atoms. The van der Waals surface area contributed by atoms with Crippen LogP contribution in [-0.2, 0) is 0 Å². The van der Waals surface area contributed by atoms with Gasteiger partial charge >= 0.3 is 0 Å². The Morgan fingerprint density at radius 2 is 2.31 bits per heavy atom. The van der Waals surface area contributed by atoms with E-state index in [0.29, 0.717) is 15.8 Å². The van der Waals surface area contributed by atoms with Crippen molar-refractivity contribution < 1.29 is 9.18 Å². The Bertz CT molecular complexity index is 327. The highest BCUT2D eigenvalue weighted by Gasteiger charge is 2.09. The van der Waals surface area contributed by atoms with E-state index in [2.05, 4.69) is 15.9 Å². The second-order valence-corrected chi connectivity index (χ2v) is 4.20. The van der Waals surface area contributed by atoms with Gasteiger partial charge in [0.25, 0.3) is 0 Å². The first kappa shape index (κ1) is 10.7. The molecule has 0 aliphatic rings. The number of thioether (sulfide) groups is 1. The lowest BCUT2D eigenvalue weighted by Gasteiger charge is -2.01. The fraction of sp³-hybridized carbons (Fsp3) is 0.222. The minimum absolute atomic E-state index is 0.0133. The lowest BCUT2D eigenvalue weighted by molar-refractivity contribution is 0.102. The normalized spacial score (nSPS) is 10.1. The third-order valence-corrected chi connectivity index (χ3v) is 2.71. The molecule has 1 aromatic carbocycles. The van der Waals surface area contributed by atoms with E-state index in [-0.39, 0.29) is 11.6 Å². The monoisotopic (exact) mass is 262 g/mol. The summed E-state index contributed by atoms with van der Waals surface area (Å²) in [5.41, 5.74) is 0.538. The predicted octanol–water partition coefficient (Wildman–Crippen LogP) is 3.13. The van der Waals surface area contributed by atoms with Crippen LogP contribution in [0.15, 0.2) is 22.7 Å². The molecule has 0 saturated heterocycles. The maximum absolute atomic E-state index is 12.7. The van der Waals surface area contributed by atoms with Crippen LogP contribution < -0.4 is 0 Å². The Labute approximate surface area is 88.8 Å². The van der Waals surface area contributed by atoms with Gasteiger partial charge in [-0.15, -0.1) is 0 Å². The van der Waals surface area contributed by atoms with Crippen molar-refractivity contribution in [1.82, 2.24) is 0 Å². The SMILES string of the molecule is CSCC(=O)c1ccc(F)cc1Br. The van der Waals surface area contributed by atoms with Crippen LogP contribution in [0.1, 0.15) is 10.4 Å². The van der Waals surface area contributed by atoms with E-state index >= 15 is 0 Å². The Morgan fingerprint density at radius 1 is 1.62 bits per heavy atom. The first-order chi connectivity index (χ1) is 6.15. The molecule has 0 aliphatic carbocycles. The van der Waals surface area contributed by atoms with Crippen molar-refractivity contribution in [2.75, 3.05) is 12.0 Å². The van der Waals surface area contributed by atoms with Gasteiger partial charge in [0.15, 0.2) is 5.78 Å². The van der Waals surface area contributed by atoms with E-state index in [9.17, 15) is 9.18 Å².